The maximum Gasteiger partial charge on any atom is 0.146 e. The fraction of sp³-hybridized carbons (Fsp3) is 0.714. The molecule has 1 aliphatic heterocycles. The van der Waals surface area contributed by atoms with E-state index >= 15 is 0 Å². The van der Waals surface area contributed by atoms with E-state index in [1.54, 1.807) is 7.11 Å². The third-order valence-corrected chi connectivity index (χ3v) is 2.81. The number of hydrogen-bond donors (Lipinski definition) is 1. The molecule has 0 aromatic carbocycles. The Balaban J connectivity index is 2.23. The zero-order chi connectivity index (χ0) is 13.2. The third kappa shape index (κ3) is 6.31. The SMILES string of the molecule is C=C1C[C@@H](CCO)O[C@@H](/C=C/CCOCOC)C1. The van der Waals surface area contributed by atoms with Crippen LogP contribution in [0.5, 0.6) is 0 Å². The van der Waals surface area contributed by atoms with Gasteiger partial charge in [0.05, 0.1) is 18.8 Å². The van der Waals surface area contributed by atoms with Gasteiger partial charge < -0.3 is 19.3 Å². The fourth-order valence-electron chi connectivity index (χ4n) is 2.00. The molecule has 0 aromatic rings. The average molecular weight is 256 g/mol. The summed E-state index contributed by atoms with van der Waals surface area (Å²) >= 11 is 0. The van der Waals surface area contributed by atoms with Gasteiger partial charge in [0.2, 0.25) is 0 Å². The molecule has 0 unspecified atom stereocenters. The Bertz CT molecular complexity index is 263. The standard InChI is InChI=1S/C14H24O4/c1-12-9-13(18-14(10-12)6-7-15)5-3-4-8-17-11-16-2/h3,5,13-15H,1,4,6-11H2,2H3/b5-3+/t13-,14+/m0/s1. The number of ether oxygens (including phenoxy) is 3. The van der Waals surface area contributed by atoms with Gasteiger partial charge in [0.1, 0.15) is 6.79 Å². The van der Waals surface area contributed by atoms with Crippen molar-refractivity contribution in [3.05, 3.63) is 24.3 Å². The number of hydrogen-bond acceptors (Lipinski definition) is 4. The van der Waals surface area contributed by atoms with Crippen LogP contribution in [0.15, 0.2) is 24.3 Å². The van der Waals surface area contributed by atoms with E-state index < -0.39 is 0 Å². The lowest BCUT2D eigenvalue weighted by molar-refractivity contribution is -0.0290. The van der Waals surface area contributed by atoms with Crippen LogP contribution in [0.4, 0.5) is 0 Å². The van der Waals surface area contributed by atoms with Gasteiger partial charge in [-0.25, -0.2) is 0 Å². The fourth-order valence-corrected chi connectivity index (χ4v) is 2.00. The Morgan fingerprint density at radius 1 is 1.50 bits per heavy atom. The lowest BCUT2D eigenvalue weighted by Gasteiger charge is -2.29. The normalized spacial score (nSPS) is 24.9. The Hall–Kier alpha value is -0.680. The molecule has 0 amide bonds. The number of aliphatic hydroxyl groups excluding tert-OH is 1. The van der Waals surface area contributed by atoms with Gasteiger partial charge in [-0.05, 0) is 25.7 Å². The summed E-state index contributed by atoms with van der Waals surface area (Å²) in [5, 5.41) is 8.93. The summed E-state index contributed by atoms with van der Waals surface area (Å²) in [6, 6.07) is 0. The highest BCUT2D eigenvalue weighted by Gasteiger charge is 2.22. The minimum absolute atomic E-state index is 0.0882. The third-order valence-electron chi connectivity index (χ3n) is 2.81. The Morgan fingerprint density at radius 2 is 2.33 bits per heavy atom. The second-order valence-electron chi connectivity index (χ2n) is 4.50. The minimum Gasteiger partial charge on any atom is -0.396 e. The monoisotopic (exact) mass is 256 g/mol. The molecule has 1 aliphatic rings. The smallest absolute Gasteiger partial charge is 0.146 e. The van der Waals surface area contributed by atoms with E-state index in [9.17, 15) is 0 Å². The molecule has 0 aromatic heterocycles. The zero-order valence-electron chi connectivity index (χ0n) is 11.1. The van der Waals surface area contributed by atoms with Crippen LogP contribution < -0.4 is 0 Å². The molecule has 1 N–H and O–H groups in total. The van der Waals surface area contributed by atoms with E-state index in [-0.39, 0.29) is 18.8 Å². The Kier molecular flexibility index (Phi) is 7.93. The van der Waals surface area contributed by atoms with Gasteiger partial charge in [0.15, 0.2) is 0 Å². The molecule has 0 bridgehead atoms. The van der Waals surface area contributed by atoms with Gasteiger partial charge in [-0.1, -0.05) is 24.3 Å². The van der Waals surface area contributed by atoms with E-state index in [0.717, 1.165) is 19.3 Å². The molecule has 104 valence electrons. The maximum atomic E-state index is 8.93. The van der Waals surface area contributed by atoms with Crippen LogP contribution >= 0.6 is 0 Å². The van der Waals surface area contributed by atoms with Crippen molar-refractivity contribution < 1.29 is 19.3 Å². The van der Waals surface area contributed by atoms with Crippen molar-refractivity contribution in [3.63, 3.8) is 0 Å². The van der Waals surface area contributed by atoms with Gasteiger partial charge in [0, 0.05) is 13.7 Å². The topological polar surface area (TPSA) is 47.9 Å². The highest BCUT2D eigenvalue weighted by molar-refractivity contribution is 5.07. The minimum atomic E-state index is 0.0882. The lowest BCUT2D eigenvalue weighted by atomic mass is 9.97. The predicted octanol–water partition coefficient (Wildman–Crippen LogP) is 2.04. The quantitative estimate of drug-likeness (QED) is 0.410. The molecule has 0 radical (unpaired) electrons. The summed E-state index contributed by atoms with van der Waals surface area (Å²) < 4.78 is 15.8. The summed E-state index contributed by atoms with van der Waals surface area (Å²) in [6.45, 7) is 5.18. The van der Waals surface area contributed by atoms with E-state index in [1.165, 1.54) is 5.57 Å². The maximum absolute atomic E-state index is 8.93. The molecule has 4 heteroatoms. The predicted molar refractivity (Wildman–Crippen MR) is 70.3 cm³/mol. The first-order chi connectivity index (χ1) is 8.76. The first kappa shape index (κ1) is 15.4. The van der Waals surface area contributed by atoms with Crippen molar-refractivity contribution in [2.75, 3.05) is 27.1 Å². The summed E-state index contributed by atoms with van der Waals surface area (Å²) in [7, 11) is 1.61. The molecule has 0 saturated carbocycles. The molecule has 1 heterocycles. The second-order valence-corrected chi connectivity index (χ2v) is 4.50. The van der Waals surface area contributed by atoms with E-state index in [4.69, 9.17) is 19.3 Å². The zero-order valence-corrected chi connectivity index (χ0v) is 11.1. The molecule has 18 heavy (non-hydrogen) atoms. The van der Waals surface area contributed by atoms with Crippen LogP contribution in [0.3, 0.4) is 0 Å². The van der Waals surface area contributed by atoms with Crippen LogP contribution in [0.1, 0.15) is 25.7 Å². The van der Waals surface area contributed by atoms with Crippen LogP contribution in [0.2, 0.25) is 0 Å². The highest BCUT2D eigenvalue weighted by atomic mass is 16.7. The molecule has 1 saturated heterocycles. The van der Waals surface area contributed by atoms with Crippen LogP contribution in [-0.4, -0.2) is 44.4 Å². The van der Waals surface area contributed by atoms with Crippen LogP contribution in [-0.2, 0) is 14.2 Å². The summed E-state index contributed by atoms with van der Waals surface area (Å²) in [6.07, 6.45) is 7.58. The number of methoxy groups -OCH3 is 1. The van der Waals surface area contributed by atoms with E-state index in [0.29, 0.717) is 19.8 Å². The van der Waals surface area contributed by atoms with Gasteiger partial charge in [-0.15, -0.1) is 0 Å². The second kappa shape index (κ2) is 9.28. The Morgan fingerprint density at radius 3 is 3.06 bits per heavy atom. The highest BCUT2D eigenvalue weighted by Crippen LogP contribution is 2.25. The summed E-state index contributed by atoms with van der Waals surface area (Å²) in [5.74, 6) is 0. The molecule has 0 spiro atoms. The molecular weight excluding hydrogens is 232 g/mol. The van der Waals surface area contributed by atoms with Gasteiger partial charge in [0.25, 0.3) is 0 Å². The van der Waals surface area contributed by atoms with Crippen molar-refractivity contribution in [1.82, 2.24) is 0 Å². The first-order valence-corrected chi connectivity index (χ1v) is 6.42. The molecule has 1 rings (SSSR count). The van der Waals surface area contributed by atoms with Crippen molar-refractivity contribution in [2.45, 2.75) is 37.9 Å². The van der Waals surface area contributed by atoms with Crippen LogP contribution in [0.25, 0.3) is 0 Å². The Labute approximate surface area is 109 Å². The average Bonchev–Trinajstić information content (AvgIpc) is 2.33. The van der Waals surface area contributed by atoms with Gasteiger partial charge in [-0.2, -0.15) is 0 Å². The molecule has 2 atom stereocenters. The summed E-state index contributed by atoms with van der Waals surface area (Å²) in [5.41, 5.74) is 1.20. The van der Waals surface area contributed by atoms with Crippen molar-refractivity contribution in [3.8, 4) is 0 Å². The molecular formula is C14H24O4. The van der Waals surface area contributed by atoms with E-state index in [2.05, 4.69) is 18.7 Å². The number of aliphatic hydroxyl groups is 1. The van der Waals surface area contributed by atoms with Crippen molar-refractivity contribution in [2.24, 2.45) is 0 Å². The van der Waals surface area contributed by atoms with Gasteiger partial charge in [-0.3, -0.25) is 0 Å². The van der Waals surface area contributed by atoms with E-state index in [1.807, 2.05) is 0 Å². The molecule has 0 aliphatic carbocycles. The molecule has 1 fully saturated rings. The van der Waals surface area contributed by atoms with Crippen molar-refractivity contribution >= 4 is 0 Å². The largest absolute Gasteiger partial charge is 0.396 e. The summed E-state index contributed by atoms with van der Waals surface area (Å²) in [4.78, 5) is 0. The van der Waals surface area contributed by atoms with Crippen molar-refractivity contribution in [1.29, 1.82) is 0 Å². The van der Waals surface area contributed by atoms with Crippen LogP contribution in [0, 0.1) is 0 Å². The number of rotatable bonds is 8. The first-order valence-electron chi connectivity index (χ1n) is 6.42. The van der Waals surface area contributed by atoms with Gasteiger partial charge >= 0.3 is 0 Å². The molecule has 4 nitrogen and oxygen atoms in total. The lowest BCUT2D eigenvalue weighted by Crippen LogP contribution is -2.28.